The number of fused-ring (bicyclic) bond motifs is 1. The second kappa shape index (κ2) is 8.13. The van der Waals surface area contributed by atoms with Crippen molar-refractivity contribution in [3.05, 3.63) is 40.2 Å². The van der Waals surface area contributed by atoms with Crippen LogP contribution < -0.4 is 15.7 Å². The Hall–Kier alpha value is -2.38. The number of benzene rings is 1. The molecule has 0 unspecified atom stereocenters. The summed E-state index contributed by atoms with van der Waals surface area (Å²) >= 11 is 0. The molecule has 1 aromatic carbocycles. The SMILES string of the molecule is COc1ccc2oc(=O)c(C(=O)NCCCN3CCOCC3)cc2c1. The number of rotatable bonds is 6. The van der Waals surface area contributed by atoms with E-state index in [1.165, 1.54) is 0 Å². The van der Waals surface area contributed by atoms with Gasteiger partial charge in [0.1, 0.15) is 16.9 Å². The number of hydrogen-bond donors (Lipinski definition) is 1. The van der Waals surface area contributed by atoms with Crippen LogP contribution in [-0.4, -0.2) is 57.3 Å². The van der Waals surface area contributed by atoms with Crippen molar-refractivity contribution < 1.29 is 18.7 Å². The zero-order valence-corrected chi connectivity index (χ0v) is 14.2. The van der Waals surface area contributed by atoms with Crippen molar-refractivity contribution in [2.75, 3.05) is 46.5 Å². The number of nitrogens with one attached hydrogen (secondary N) is 1. The maximum Gasteiger partial charge on any atom is 0.349 e. The zero-order valence-electron chi connectivity index (χ0n) is 14.2. The van der Waals surface area contributed by atoms with Gasteiger partial charge in [-0.2, -0.15) is 0 Å². The highest BCUT2D eigenvalue weighted by molar-refractivity contribution is 5.96. The molecule has 7 heteroatoms. The fourth-order valence-corrected chi connectivity index (χ4v) is 2.81. The average Bonchev–Trinajstić information content (AvgIpc) is 2.65. The molecule has 25 heavy (non-hydrogen) atoms. The van der Waals surface area contributed by atoms with E-state index in [9.17, 15) is 9.59 Å². The highest BCUT2D eigenvalue weighted by atomic mass is 16.5. The van der Waals surface area contributed by atoms with Crippen LogP contribution in [0.2, 0.25) is 0 Å². The van der Waals surface area contributed by atoms with Gasteiger partial charge in [0, 0.05) is 25.0 Å². The van der Waals surface area contributed by atoms with Gasteiger partial charge >= 0.3 is 5.63 Å². The average molecular weight is 346 g/mol. The summed E-state index contributed by atoms with van der Waals surface area (Å²) in [4.78, 5) is 26.6. The van der Waals surface area contributed by atoms with E-state index in [0.29, 0.717) is 23.3 Å². The number of ether oxygens (including phenoxy) is 2. The second-order valence-corrected chi connectivity index (χ2v) is 5.91. The molecule has 1 aliphatic rings. The minimum Gasteiger partial charge on any atom is -0.497 e. The van der Waals surface area contributed by atoms with Gasteiger partial charge in [0.2, 0.25) is 0 Å². The van der Waals surface area contributed by atoms with E-state index in [4.69, 9.17) is 13.9 Å². The molecular formula is C18H22N2O5. The fourth-order valence-electron chi connectivity index (χ4n) is 2.81. The molecule has 1 saturated heterocycles. The largest absolute Gasteiger partial charge is 0.497 e. The van der Waals surface area contributed by atoms with Gasteiger partial charge in [0.05, 0.1) is 20.3 Å². The lowest BCUT2D eigenvalue weighted by Crippen LogP contribution is -2.38. The number of morpholine rings is 1. The molecule has 2 heterocycles. The minimum absolute atomic E-state index is 0.00660. The van der Waals surface area contributed by atoms with Crippen molar-refractivity contribution in [2.45, 2.75) is 6.42 Å². The van der Waals surface area contributed by atoms with Gasteiger partial charge in [-0.05, 0) is 37.2 Å². The quantitative estimate of drug-likeness (QED) is 0.626. The Kier molecular flexibility index (Phi) is 5.67. The fraction of sp³-hybridized carbons (Fsp3) is 0.444. The van der Waals surface area contributed by atoms with E-state index < -0.39 is 11.5 Å². The van der Waals surface area contributed by atoms with Crippen LogP contribution in [0.4, 0.5) is 0 Å². The Morgan fingerprint density at radius 2 is 2.08 bits per heavy atom. The molecule has 7 nitrogen and oxygen atoms in total. The third-order valence-corrected chi connectivity index (χ3v) is 4.22. The summed E-state index contributed by atoms with van der Waals surface area (Å²) in [5.41, 5.74) is -0.204. The lowest BCUT2D eigenvalue weighted by atomic mass is 10.1. The molecule has 0 atom stereocenters. The lowest BCUT2D eigenvalue weighted by Gasteiger charge is -2.26. The van der Waals surface area contributed by atoms with Crippen LogP contribution in [0.15, 0.2) is 33.5 Å². The highest BCUT2D eigenvalue weighted by Gasteiger charge is 2.14. The first kappa shape index (κ1) is 17.4. The van der Waals surface area contributed by atoms with Crippen molar-refractivity contribution >= 4 is 16.9 Å². The number of nitrogens with zero attached hydrogens (tertiary/aromatic N) is 1. The number of amides is 1. The first-order chi connectivity index (χ1) is 12.2. The normalized spacial score (nSPS) is 15.2. The second-order valence-electron chi connectivity index (χ2n) is 5.91. The van der Waals surface area contributed by atoms with Crippen molar-refractivity contribution in [1.82, 2.24) is 10.2 Å². The Morgan fingerprint density at radius 3 is 2.84 bits per heavy atom. The molecule has 0 spiro atoms. The first-order valence-electron chi connectivity index (χ1n) is 8.37. The molecule has 0 aliphatic carbocycles. The molecule has 0 saturated carbocycles. The summed E-state index contributed by atoms with van der Waals surface area (Å²) in [6.45, 7) is 4.76. The lowest BCUT2D eigenvalue weighted by molar-refractivity contribution is 0.0374. The minimum atomic E-state index is -0.636. The summed E-state index contributed by atoms with van der Waals surface area (Å²) in [6, 6.07) is 6.63. The third-order valence-electron chi connectivity index (χ3n) is 4.22. The van der Waals surface area contributed by atoms with Gasteiger partial charge in [-0.25, -0.2) is 4.79 Å². The zero-order chi connectivity index (χ0) is 17.6. The van der Waals surface area contributed by atoms with Gasteiger partial charge in [-0.15, -0.1) is 0 Å². The van der Waals surface area contributed by atoms with E-state index in [1.54, 1.807) is 31.4 Å². The van der Waals surface area contributed by atoms with Crippen LogP contribution in [-0.2, 0) is 4.74 Å². The molecule has 3 rings (SSSR count). The maximum atomic E-state index is 12.3. The Balaban J connectivity index is 1.60. The van der Waals surface area contributed by atoms with Crippen LogP contribution in [0, 0.1) is 0 Å². The summed E-state index contributed by atoms with van der Waals surface area (Å²) in [5.74, 6) is 0.221. The number of carbonyl (C=O) groups is 1. The topological polar surface area (TPSA) is 81.0 Å². The smallest absolute Gasteiger partial charge is 0.349 e. The Morgan fingerprint density at radius 1 is 1.28 bits per heavy atom. The predicted octanol–water partition coefficient (Wildman–Crippen LogP) is 1.25. The van der Waals surface area contributed by atoms with Crippen LogP contribution in [0.5, 0.6) is 5.75 Å². The monoisotopic (exact) mass is 346 g/mol. The molecule has 1 amide bonds. The Bertz CT molecular complexity index is 796. The molecule has 0 radical (unpaired) electrons. The van der Waals surface area contributed by atoms with E-state index in [0.717, 1.165) is 39.3 Å². The molecule has 1 N–H and O–H groups in total. The van der Waals surface area contributed by atoms with E-state index in [-0.39, 0.29) is 5.56 Å². The van der Waals surface area contributed by atoms with Crippen molar-refractivity contribution in [2.24, 2.45) is 0 Å². The van der Waals surface area contributed by atoms with Crippen molar-refractivity contribution in [1.29, 1.82) is 0 Å². The standard InChI is InChI=1S/C18H22N2O5/c1-23-14-3-4-16-13(11-14)12-15(18(22)25-16)17(21)19-5-2-6-20-7-9-24-10-8-20/h3-4,11-12H,2,5-10H2,1H3,(H,19,21). The van der Waals surface area contributed by atoms with Gasteiger partial charge in [0.15, 0.2) is 0 Å². The van der Waals surface area contributed by atoms with E-state index >= 15 is 0 Å². The summed E-state index contributed by atoms with van der Waals surface area (Å²) in [5, 5.41) is 3.43. The molecular weight excluding hydrogens is 324 g/mol. The summed E-state index contributed by atoms with van der Waals surface area (Å²) < 4.78 is 15.7. The van der Waals surface area contributed by atoms with Crippen molar-refractivity contribution in [3.63, 3.8) is 0 Å². The molecule has 0 bridgehead atoms. The molecule has 1 fully saturated rings. The molecule has 1 aromatic heterocycles. The van der Waals surface area contributed by atoms with Gasteiger partial charge in [-0.3, -0.25) is 9.69 Å². The number of methoxy groups -OCH3 is 1. The van der Waals surface area contributed by atoms with Gasteiger partial charge in [-0.1, -0.05) is 0 Å². The number of carbonyl (C=O) groups excluding carboxylic acids is 1. The van der Waals surface area contributed by atoms with Crippen LogP contribution in [0.25, 0.3) is 11.0 Å². The summed E-state index contributed by atoms with van der Waals surface area (Å²) in [7, 11) is 1.56. The molecule has 2 aromatic rings. The van der Waals surface area contributed by atoms with Crippen LogP contribution in [0.3, 0.4) is 0 Å². The summed E-state index contributed by atoms with van der Waals surface area (Å²) in [6.07, 6.45) is 0.818. The maximum absolute atomic E-state index is 12.3. The third kappa shape index (κ3) is 4.37. The number of hydrogen-bond acceptors (Lipinski definition) is 6. The predicted molar refractivity (Wildman–Crippen MR) is 93.2 cm³/mol. The van der Waals surface area contributed by atoms with E-state index in [1.807, 2.05) is 0 Å². The van der Waals surface area contributed by atoms with Gasteiger partial charge < -0.3 is 19.2 Å². The first-order valence-corrected chi connectivity index (χ1v) is 8.37. The Labute approximate surface area is 145 Å². The van der Waals surface area contributed by atoms with Gasteiger partial charge in [0.25, 0.3) is 5.91 Å². The van der Waals surface area contributed by atoms with E-state index in [2.05, 4.69) is 10.2 Å². The molecule has 1 aliphatic heterocycles. The van der Waals surface area contributed by atoms with Crippen LogP contribution in [0.1, 0.15) is 16.8 Å². The van der Waals surface area contributed by atoms with Crippen LogP contribution >= 0.6 is 0 Å². The molecule has 134 valence electrons. The highest BCUT2D eigenvalue weighted by Crippen LogP contribution is 2.20. The van der Waals surface area contributed by atoms with Crippen molar-refractivity contribution in [3.8, 4) is 5.75 Å².